The van der Waals surface area contributed by atoms with E-state index in [-0.39, 0.29) is 18.4 Å². The lowest BCUT2D eigenvalue weighted by Crippen LogP contribution is -2.31. The number of likely N-dealkylation sites (tertiary alicyclic amines) is 1. The average Bonchev–Trinajstić information content (AvgIpc) is 2.94. The highest BCUT2D eigenvalue weighted by atomic mass is 16.3. The molecule has 6 heteroatoms. The van der Waals surface area contributed by atoms with Gasteiger partial charge in [0, 0.05) is 32.2 Å². The number of amides is 1. The summed E-state index contributed by atoms with van der Waals surface area (Å²) in [5.74, 6) is 0.107. The first-order chi connectivity index (χ1) is 8.17. The number of carbonyl (C=O) groups is 1. The number of nitrogens with two attached hydrogens (primary N) is 1. The topological polar surface area (TPSA) is 84.4 Å². The predicted molar refractivity (Wildman–Crippen MR) is 63.4 cm³/mol. The summed E-state index contributed by atoms with van der Waals surface area (Å²) in [6, 6.07) is 0. The van der Waals surface area contributed by atoms with Crippen molar-refractivity contribution in [1.82, 2.24) is 14.7 Å². The van der Waals surface area contributed by atoms with Gasteiger partial charge in [-0.3, -0.25) is 9.48 Å². The minimum absolute atomic E-state index is 0.0854. The second kappa shape index (κ2) is 4.75. The number of nitrogens with zero attached hydrogens (tertiary/aromatic N) is 3. The maximum atomic E-state index is 12.3. The number of hydrogen-bond donors (Lipinski definition) is 2. The fraction of sp³-hybridized carbons (Fsp3) is 0.636. The maximum absolute atomic E-state index is 12.3. The molecule has 1 amide bonds. The van der Waals surface area contributed by atoms with Crippen LogP contribution in [0.25, 0.3) is 0 Å². The van der Waals surface area contributed by atoms with Crippen molar-refractivity contribution >= 4 is 11.6 Å². The van der Waals surface area contributed by atoms with E-state index in [9.17, 15) is 4.79 Å². The number of aliphatic hydroxyl groups excluding tert-OH is 1. The summed E-state index contributed by atoms with van der Waals surface area (Å²) in [5, 5.41) is 13.1. The van der Waals surface area contributed by atoms with Crippen molar-refractivity contribution in [1.29, 1.82) is 0 Å². The Morgan fingerprint density at radius 3 is 3.06 bits per heavy atom. The molecule has 1 saturated heterocycles. The fourth-order valence-corrected chi connectivity index (χ4v) is 2.19. The van der Waals surface area contributed by atoms with E-state index in [4.69, 9.17) is 10.8 Å². The molecule has 17 heavy (non-hydrogen) atoms. The van der Waals surface area contributed by atoms with Crippen molar-refractivity contribution in [2.75, 3.05) is 25.4 Å². The van der Waals surface area contributed by atoms with Gasteiger partial charge in [-0.2, -0.15) is 5.10 Å². The first kappa shape index (κ1) is 11.9. The van der Waals surface area contributed by atoms with Crippen LogP contribution in [0.3, 0.4) is 0 Å². The van der Waals surface area contributed by atoms with Crippen LogP contribution in [0.1, 0.15) is 23.8 Å². The second-order valence-electron chi connectivity index (χ2n) is 4.35. The molecule has 3 N–H and O–H groups in total. The third kappa shape index (κ3) is 2.12. The van der Waals surface area contributed by atoms with E-state index in [0.29, 0.717) is 31.0 Å². The van der Waals surface area contributed by atoms with Gasteiger partial charge in [0.1, 0.15) is 5.69 Å². The van der Waals surface area contributed by atoms with E-state index >= 15 is 0 Å². The molecule has 0 saturated carbocycles. The van der Waals surface area contributed by atoms with Crippen LogP contribution in [0.4, 0.5) is 5.69 Å². The van der Waals surface area contributed by atoms with Crippen LogP contribution in [0, 0.1) is 5.92 Å². The van der Waals surface area contributed by atoms with Crippen molar-refractivity contribution < 1.29 is 9.90 Å². The van der Waals surface area contributed by atoms with E-state index in [2.05, 4.69) is 5.10 Å². The molecule has 1 atom stereocenters. The van der Waals surface area contributed by atoms with E-state index in [1.54, 1.807) is 9.58 Å². The van der Waals surface area contributed by atoms with Gasteiger partial charge in [0.05, 0.1) is 11.9 Å². The van der Waals surface area contributed by atoms with Crippen molar-refractivity contribution in [3.8, 4) is 0 Å². The highest BCUT2D eigenvalue weighted by molar-refractivity contribution is 5.97. The van der Waals surface area contributed by atoms with Crippen LogP contribution >= 0.6 is 0 Å². The number of aromatic nitrogens is 2. The van der Waals surface area contributed by atoms with Crippen LogP contribution in [0.15, 0.2) is 6.20 Å². The van der Waals surface area contributed by atoms with Crippen LogP contribution < -0.4 is 5.73 Å². The number of anilines is 1. The zero-order chi connectivity index (χ0) is 12.4. The molecule has 1 aliphatic rings. The summed E-state index contributed by atoms with van der Waals surface area (Å²) in [6.45, 7) is 3.95. The summed E-state index contributed by atoms with van der Waals surface area (Å²) in [6.07, 6.45) is 2.36. The molecule has 1 aromatic heterocycles. The number of aliphatic hydroxyl groups is 1. The van der Waals surface area contributed by atoms with E-state index in [0.717, 1.165) is 6.42 Å². The molecule has 0 spiro atoms. The number of rotatable bonds is 3. The number of hydrogen-bond acceptors (Lipinski definition) is 4. The maximum Gasteiger partial charge on any atom is 0.274 e. The van der Waals surface area contributed by atoms with Gasteiger partial charge in [-0.1, -0.05) is 0 Å². The third-order valence-electron chi connectivity index (χ3n) is 3.20. The monoisotopic (exact) mass is 238 g/mol. The second-order valence-corrected chi connectivity index (χ2v) is 4.35. The van der Waals surface area contributed by atoms with E-state index in [1.807, 2.05) is 6.92 Å². The molecule has 2 heterocycles. The normalized spacial score (nSPS) is 19.9. The summed E-state index contributed by atoms with van der Waals surface area (Å²) in [7, 11) is 0. The minimum atomic E-state index is -0.0854. The molecule has 0 bridgehead atoms. The number of carbonyl (C=O) groups excluding carboxylic acids is 1. The highest BCUT2D eigenvalue weighted by Crippen LogP contribution is 2.20. The van der Waals surface area contributed by atoms with Crippen LogP contribution in [0.2, 0.25) is 0 Å². The molecule has 0 aliphatic carbocycles. The first-order valence-electron chi connectivity index (χ1n) is 5.88. The predicted octanol–water partition coefficient (Wildman–Crippen LogP) is -0.0604. The molecular weight excluding hydrogens is 220 g/mol. The highest BCUT2D eigenvalue weighted by Gasteiger charge is 2.29. The largest absolute Gasteiger partial charge is 0.396 e. The molecule has 0 radical (unpaired) electrons. The molecule has 1 unspecified atom stereocenters. The molecule has 2 rings (SSSR count). The molecule has 1 aliphatic heterocycles. The molecule has 94 valence electrons. The Kier molecular flexibility index (Phi) is 3.33. The zero-order valence-corrected chi connectivity index (χ0v) is 9.96. The van der Waals surface area contributed by atoms with Gasteiger partial charge in [0.25, 0.3) is 5.91 Å². The SMILES string of the molecule is CCn1ncc(N)c1C(=O)N1CCC(CO)C1. The molecule has 1 fully saturated rings. The average molecular weight is 238 g/mol. The van der Waals surface area contributed by atoms with Gasteiger partial charge < -0.3 is 15.7 Å². The summed E-state index contributed by atoms with van der Waals surface area (Å²) in [5.41, 5.74) is 6.66. The summed E-state index contributed by atoms with van der Waals surface area (Å²) < 4.78 is 1.62. The van der Waals surface area contributed by atoms with Crippen molar-refractivity contribution in [2.45, 2.75) is 19.9 Å². The van der Waals surface area contributed by atoms with Gasteiger partial charge in [-0.05, 0) is 13.3 Å². The summed E-state index contributed by atoms with van der Waals surface area (Å²) in [4.78, 5) is 14.0. The lowest BCUT2D eigenvalue weighted by atomic mass is 10.1. The van der Waals surface area contributed by atoms with Crippen LogP contribution in [-0.2, 0) is 6.54 Å². The fourth-order valence-electron chi connectivity index (χ4n) is 2.19. The first-order valence-corrected chi connectivity index (χ1v) is 5.88. The van der Waals surface area contributed by atoms with Crippen LogP contribution in [0.5, 0.6) is 0 Å². The Morgan fingerprint density at radius 2 is 2.47 bits per heavy atom. The minimum Gasteiger partial charge on any atom is -0.396 e. The summed E-state index contributed by atoms with van der Waals surface area (Å²) >= 11 is 0. The Morgan fingerprint density at radius 1 is 1.71 bits per heavy atom. The van der Waals surface area contributed by atoms with Crippen LogP contribution in [-0.4, -0.2) is 45.4 Å². The van der Waals surface area contributed by atoms with E-state index in [1.165, 1.54) is 6.20 Å². The molecule has 0 aromatic carbocycles. The van der Waals surface area contributed by atoms with Gasteiger partial charge >= 0.3 is 0 Å². The van der Waals surface area contributed by atoms with Gasteiger partial charge in [0.15, 0.2) is 0 Å². The number of aryl methyl sites for hydroxylation is 1. The Balaban J connectivity index is 2.17. The lowest BCUT2D eigenvalue weighted by molar-refractivity contribution is 0.0770. The van der Waals surface area contributed by atoms with Gasteiger partial charge in [-0.15, -0.1) is 0 Å². The third-order valence-corrected chi connectivity index (χ3v) is 3.20. The van der Waals surface area contributed by atoms with Gasteiger partial charge in [-0.25, -0.2) is 0 Å². The van der Waals surface area contributed by atoms with Gasteiger partial charge in [0.2, 0.25) is 0 Å². The Labute approximate surface area is 100 Å². The standard InChI is InChI=1S/C11H18N4O2/c1-2-15-10(9(12)5-13-15)11(17)14-4-3-8(6-14)7-16/h5,8,16H,2-4,6-7,12H2,1H3. The van der Waals surface area contributed by atoms with Crippen molar-refractivity contribution in [3.63, 3.8) is 0 Å². The Hall–Kier alpha value is -1.56. The van der Waals surface area contributed by atoms with E-state index < -0.39 is 0 Å². The quantitative estimate of drug-likeness (QED) is 0.772. The van der Waals surface area contributed by atoms with Crippen molar-refractivity contribution in [2.24, 2.45) is 5.92 Å². The smallest absolute Gasteiger partial charge is 0.274 e. The molecule has 1 aromatic rings. The lowest BCUT2D eigenvalue weighted by Gasteiger charge is -2.17. The molecular formula is C11H18N4O2. The number of nitrogen functional groups attached to an aromatic ring is 1. The van der Waals surface area contributed by atoms with Crippen molar-refractivity contribution in [3.05, 3.63) is 11.9 Å². The molecule has 6 nitrogen and oxygen atoms in total. The zero-order valence-electron chi connectivity index (χ0n) is 9.96. The Bertz CT molecular complexity index is 416.